The molecule has 0 amide bonds. The quantitative estimate of drug-likeness (QED) is 0.434. The Labute approximate surface area is 196 Å². The average Bonchev–Trinajstić information content (AvgIpc) is 3.39. The Kier molecular flexibility index (Phi) is 7.62. The molecule has 0 saturated heterocycles. The van der Waals surface area contributed by atoms with Gasteiger partial charge in [0.2, 0.25) is 0 Å². The van der Waals surface area contributed by atoms with Gasteiger partial charge < -0.3 is 19.2 Å². The Hall–Kier alpha value is -2.49. The van der Waals surface area contributed by atoms with Crippen LogP contribution in [0.2, 0.25) is 0 Å². The zero-order chi connectivity index (χ0) is 23.4. The molecule has 0 aromatic carbocycles. The standard InChI is InChI=1S/C24H31N3O5S/c1-3-5-21(29)32-14-16(28)11-27(12-17-6-4-9-31-17)13-20-25-23(30)22-18-8-7-15(2)10-19(18)33-24(22)26-20/h4,6,9,15-16,28H,3,5,7-8,10-14H2,1-2H3,(H,25,26,30)/t15-,16-/m1/s1. The maximum atomic E-state index is 12.9. The monoisotopic (exact) mass is 473 g/mol. The zero-order valence-corrected chi connectivity index (χ0v) is 20.0. The predicted molar refractivity (Wildman–Crippen MR) is 126 cm³/mol. The molecule has 3 heterocycles. The fourth-order valence-electron chi connectivity index (χ4n) is 4.30. The fraction of sp³-hybridized carbons (Fsp3) is 0.542. The number of carbonyl (C=O) groups is 1. The highest BCUT2D eigenvalue weighted by Gasteiger charge is 2.24. The number of aromatic amines is 1. The SMILES string of the molecule is CCCC(=O)OC[C@H](O)CN(Cc1nc2sc3c(c2c(=O)[nH]1)CC[C@@H](C)C3)Cc1ccco1. The number of hydrogen-bond donors (Lipinski definition) is 2. The number of esters is 1. The molecular formula is C24H31N3O5S. The molecule has 0 aliphatic heterocycles. The first-order valence-electron chi connectivity index (χ1n) is 11.5. The van der Waals surface area contributed by atoms with Crippen LogP contribution >= 0.6 is 11.3 Å². The molecular weight excluding hydrogens is 442 g/mol. The maximum absolute atomic E-state index is 12.9. The van der Waals surface area contributed by atoms with Gasteiger partial charge in [-0.2, -0.15) is 0 Å². The van der Waals surface area contributed by atoms with E-state index >= 15 is 0 Å². The van der Waals surface area contributed by atoms with Crippen LogP contribution in [0.3, 0.4) is 0 Å². The molecule has 2 N–H and O–H groups in total. The highest BCUT2D eigenvalue weighted by molar-refractivity contribution is 7.18. The number of rotatable bonds is 10. The molecule has 9 heteroatoms. The van der Waals surface area contributed by atoms with Crippen molar-refractivity contribution >= 4 is 27.5 Å². The van der Waals surface area contributed by atoms with Crippen LogP contribution in [0.25, 0.3) is 10.2 Å². The summed E-state index contributed by atoms with van der Waals surface area (Å²) in [7, 11) is 0. The Morgan fingerprint density at radius 2 is 2.30 bits per heavy atom. The van der Waals surface area contributed by atoms with Crippen molar-refractivity contribution in [1.82, 2.24) is 14.9 Å². The second kappa shape index (κ2) is 10.6. The first kappa shape index (κ1) is 23.7. The van der Waals surface area contributed by atoms with Gasteiger partial charge in [-0.1, -0.05) is 13.8 Å². The van der Waals surface area contributed by atoms with Crippen LogP contribution in [0.4, 0.5) is 0 Å². The van der Waals surface area contributed by atoms with Crippen molar-refractivity contribution in [2.24, 2.45) is 5.92 Å². The van der Waals surface area contributed by atoms with Gasteiger partial charge in [-0.25, -0.2) is 4.98 Å². The number of aliphatic hydroxyl groups is 1. The molecule has 33 heavy (non-hydrogen) atoms. The molecule has 8 nitrogen and oxygen atoms in total. The van der Waals surface area contributed by atoms with Crippen molar-refractivity contribution in [2.75, 3.05) is 13.2 Å². The molecule has 0 saturated carbocycles. The Morgan fingerprint density at radius 1 is 1.45 bits per heavy atom. The minimum Gasteiger partial charge on any atom is -0.468 e. The first-order chi connectivity index (χ1) is 15.9. The summed E-state index contributed by atoms with van der Waals surface area (Å²) in [5.41, 5.74) is 1.05. The number of H-pyrrole nitrogens is 1. The summed E-state index contributed by atoms with van der Waals surface area (Å²) in [6.07, 6.45) is 4.78. The van der Waals surface area contributed by atoms with E-state index in [-0.39, 0.29) is 24.7 Å². The van der Waals surface area contributed by atoms with E-state index in [1.165, 1.54) is 4.88 Å². The van der Waals surface area contributed by atoms with E-state index in [0.717, 1.165) is 40.8 Å². The Bertz CT molecular complexity index is 1140. The van der Waals surface area contributed by atoms with Gasteiger partial charge in [0.25, 0.3) is 5.56 Å². The summed E-state index contributed by atoms with van der Waals surface area (Å²) >= 11 is 1.62. The van der Waals surface area contributed by atoms with E-state index < -0.39 is 6.10 Å². The lowest BCUT2D eigenvalue weighted by atomic mass is 9.89. The van der Waals surface area contributed by atoms with Gasteiger partial charge in [0.1, 0.15) is 29.1 Å². The normalized spacial score (nSPS) is 16.8. The smallest absolute Gasteiger partial charge is 0.305 e. The largest absolute Gasteiger partial charge is 0.468 e. The molecule has 0 spiro atoms. The molecule has 0 fully saturated rings. The van der Waals surface area contributed by atoms with Crippen molar-refractivity contribution in [3.8, 4) is 0 Å². The number of nitrogens with one attached hydrogen (secondary N) is 1. The molecule has 4 rings (SSSR count). The summed E-state index contributed by atoms with van der Waals surface area (Å²) in [5.74, 6) is 1.58. The maximum Gasteiger partial charge on any atom is 0.305 e. The second-order valence-corrected chi connectivity index (χ2v) is 9.96. The second-order valence-electron chi connectivity index (χ2n) is 8.88. The number of aliphatic hydroxyl groups excluding tert-OH is 1. The van der Waals surface area contributed by atoms with Gasteiger partial charge in [0.05, 0.1) is 24.7 Å². The predicted octanol–water partition coefficient (Wildman–Crippen LogP) is 3.41. The summed E-state index contributed by atoms with van der Waals surface area (Å²) in [4.78, 5) is 36.3. The molecule has 1 aliphatic carbocycles. The molecule has 3 aromatic heterocycles. The third kappa shape index (κ3) is 5.90. The van der Waals surface area contributed by atoms with Crippen molar-refractivity contribution in [1.29, 1.82) is 0 Å². The molecule has 3 aromatic rings. The number of aromatic nitrogens is 2. The van der Waals surface area contributed by atoms with Gasteiger partial charge in [0, 0.05) is 17.8 Å². The lowest BCUT2D eigenvalue weighted by molar-refractivity contribution is -0.147. The first-order valence-corrected chi connectivity index (χ1v) is 12.4. The fourth-order valence-corrected chi connectivity index (χ4v) is 5.71. The minimum absolute atomic E-state index is 0.0771. The van der Waals surface area contributed by atoms with E-state index in [9.17, 15) is 14.7 Å². The number of carbonyl (C=O) groups excluding carboxylic acids is 1. The van der Waals surface area contributed by atoms with Gasteiger partial charge in [0.15, 0.2) is 0 Å². The number of fused-ring (bicyclic) bond motifs is 3. The Balaban J connectivity index is 1.51. The van der Waals surface area contributed by atoms with Crippen molar-refractivity contribution in [3.05, 3.63) is 50.8 Å². The number of ether oxygens (including phenoxy) is 1. The zero-order valence-electron chi connectivity index (χ0n) is 19.1. The van der Waals surface area contributed by atoms with E-state index in [4.69, 9.17) is 14.1 Å². The van der Waals surface area contributed by atoms with E-state index in [1.54, 1.807) is 23.7 Å². The number of thiophene rings is 1. The van der Waals surface area contributed by atoms with Crippen LogP contribution in [0, 0.1) is 5.92 Å². The lowest BCUT2D eigenvalue weighted by Crippen LogP contribution is -2.35. The van der Waals surface area contributed by atoms with Gasteiger partial charge in [-0.3, -0.25) is 14.5 Å². The average molecular weight is 474 g/mol. The highest BCUT2D eigenvalue weighted by Crippen LogP contribution is 2.35. The minimum atomic E-state index is -0.869. The lowest BCUT2D eigenvalue weighted by Gasteiger charge is -2.23. The van der Waals surface area contributed by atoms with E-state index in [1.807, 2.05) is 17.9 Å². The van der Waals surface area contributed by atoms with Gasteiger partial charge in [-0.15, -0.1) is 11.3 Å². The molecule has 0 bridgehead atoms. The molecule has 0 unspecified atom stereocenters. The topological polar surface area (TPSA) is 109 Å². The molecule has 0 radical (unpaired) electrons. The number of hydrogen-bond acceptors (Lipinski definition) is 8. The van der Waals surface area contributed by atoms with Crippen LogP contribution in [-0.2, 0) is 35.5 Å². The van der Waals surface area contributed by atoms with Crippen LogP contribution in [0.5, 0.6) is 0 Å². The van der Waals surface area contributed by atoms with Gasteiger partial charge in [-0.05, 0) is 49.3 Å². The van der Waals surface area contributed by atoms with Crippen LogP contribution in [0.15, 0.2) is 27.6 Å². The molecule has 178 valence electrons. The van der Waals surface area contributed by atoms with Gasteiger partial charge >= 0.3 is 5.97 Å². The van der Waals surface area contributed by atoms with Crippen molar-refractivity contribution in [3.63, 3.8) is 0 Å². The number of nitrogens with zero attached hydrogens (tertiary/aromatic N) is 2. The highest BCUT2D eigenvalue weighted by atomic mass is 32.1. The summed E-state index contributed by atoms with van der Waals surface area (Å²) in [6.45, 7) is 5.05. The third-order valence-corrected chi connectivity index (χ3v) is 7.06. The molecule has 2 atom stereocenters. The van der Waals surface area contributed by atoms with Crippen LogP contribution < -0.4 is 5.56 Å². The summed E-state index contributed by atoms with van der Waals surface area (Å²) < 4.78 is 10.6. The van der Waals surface area contributed by atoms with Crippen molar-refractivity contribution in [2.45, 2.75) is 65.1 Å². The molecule has 1 aliphatic rings. The van der Waals surface area contributed by atoms with Crippen LogP contribution in [0.1, 0.15) is 55.1 Å². The van der Waals surface area contributed by atoms with Crippen LogP contribution in [-0.4, -0.2) is 45.2 Å². The summed E-state index contributed by atoms with van der Waals surface area (Å²) in [6, 6.07) is 3.66. The summed E-state index contributed by atoms with van der Waals surface area (Å²) in [5, 5.41) is 11.2. The van der Waals surface area contributed by atoms with E-state index in [0.29, 0.717) is 37.7 Å². The van der Waals surface area contributed by atoms with E-state index in [2.05, 4.69) is 11.9 Å². The third-order valence-electron chi connectivity index (χ3n) is 5.91. The van der Waals surface area contributed by atoms with Crippen molar-refractivity contribution < 1.29 is 19.1 Å². The number of furan rings is 1. The number of aryl methyl sites for hydroxylation is 1. The Morgan fingerprint density at radius 3 is 3.06 bits per heavy atom.